The lowest BCUT2D eigenvalue weighted by molar-refractivity contribution is -0.135. The Balaban J connectivity index is 2.13. The molecule has 0 heterocycles. The van der Waals surface area contributed by atoms with Gasteiger partial charge in [-0.05, 0) is 0 Å². The quantitative estimate of drug-likeness (QED) is 0.0530. The van der Waals surface area contributed by atoms with E-state index in [1.54, 1.807) is 0 Å². The predicted molar refractivity (Wildman–Crippen MR) is 278 cm³/mol. The molecule has 5 aromatic carbocycles. The molecule has 29 heteroatoms. The molecule has 0 aliphatic heterocycles. The van der Waals surface area contributed by atoms with E-state index in [9.17, 15) is 62.3 Å². The maximum atomic E-state index is 13.7. The van der Waals surface area contributed by atoms with Crippen LogP contribution in [0.4, 0.5) is 0 Å². The van der Waals surface area contributed by atoms with Crippen LogP contribution in [0.2, 0.25) is 0 Å². The summed E-state index contributed by atoms with van der Waals surface area (Å²) in [7, 11) is 0. The second-order valence-corrected chi connectivity index (χ2v) is 17.0. The molecule has 0 atom stereocenters. The molecular weight excluding hydrogens is 1140 g/mol. The van der Waals surface area contributed by atoms with Crippen LogP contribution in [-0.4, -0.2) is 77.6 Å². The zero-order valence-corrected chi connectivity index (χ0v) is 47.0. The minimum atomic E-state index is -1.28. The summed E-state index contributed by atoms with van der Waals surface area (Å²) in [6.45, 7) is 12.1. The van der Waals surface area contributed by atoms with Gasteiger partial charge in [0.05, 0.1) is 11.1 Å². The number of ether oxygens (including phenoxy) is 16. The van der Waals surface area contributed by atoms with Gasteiger partial charge in [-0.3, -0.25) is 62.3 Å². The fraction of sp³-hybridized carbons (Fsp3) is 0.232. The lowest BCUT2D eigenvalue weighted by atomic mass is 9.99. The van der Waals surface area contributed by atoms with E-state index in [2.05, 4.69) is 0 Å². The summed E-state index contributed by atoms with van der Waals surface area (Å²) in [4.78, 5) is 166. The average Bonchev–Trinajstić information content (AvgIpc) is 1.08. The molecule has 0 aromatic heterocycles. The largest absolute Gasteiger partial charge is 0.449 e. The highest BCUT2D eigenvalue weighted by molar-refractivity contribution is 5.95. The van der Waals surface area contributed by atoms with Crippen LogP contribution in [0.15, 0.2) is 54.6 Å². The monoisotopic (exact) mass is 1180 g/mol. The van der Waals surface area contributed by atoms with Gasteiger partial charge in [-0.15, -0.1) is 0 Å². The molecule has 29 nitrogen and oxygen atoms in total. The van der Waals surface area contributed by atoms with Crippen molar-refractivity contribution in [2.45, 2.75) is 90.0 Å². The predicted octanol–water partition coefficient (Wildman–Crippen LogP) is 7.76. The summed E-state index contributed by atoms with van der Waals surface area (Å²) in [6, 6.07) is 8.13. The van der Waals surface area contributed by atoms with Crippen LogP contribution in [0.25, 0.3) is 11.1 Å². The number of rotatable bonds is 20. The van der Waals surface area contributed by atoms with E-state index in [4.69, 9.17) is 75.8 Å². The van der Waals surface area contributed by atoms with E-state index in [0.29, 0.717) is 0 Å². The third-order valence-electron chi connectivity index (χ3n) is 9.39. The molecule has 0 aliphatic rings. The van der Waals surface area contributed by atoms with Crippen molar-refractivity contribution in [2.24, 2.45) is 0 Å². The number of carbonyl (C=O) groups is 13. The molecule has 5 rings (SSSR count). The van der Waals surface area contributed by atoms with E-state index in [1.165, 1.54) is 0 Å². The standard InChI is InChI=1S/C56H48O29/c1-23(57)70-36-14-40(73-26(4)60)50(41(15-36)74-27(5)61)51-42(84-54-46(78-31(9)65)17-37(71-24(2)58)18-47(54)79-32(10)66)22-49(80-33(11)67)55(56(51)82-35(13)69)85-48-19-38(72-25(3)59)16-45(77-30(8)64)53(48)83-39-20-43(75-28(6)62)52(81-34(12)68)44(21-39)76-29(7)63/h14-22H,1-13H3. The van der Waals surface area contributed by atoms with Crippen LogP contribution in [0.1, 0.15) is 90.0 Å². The topological polar surface area (TPSA) is 370 Å². The van der Waals surface area contributed by atoms with Crippen LogP contribution in [0.3, 0.4) is 0 Å². The van der Waals surface area contributed by atoms with Gasteiger partial charge < -0.3 is 75.8 Å². The molecule has 446 valence electrons. The first-order chi connectivity index (χ1) is 39.8. The second-order valence-electron chi connectivity index (χ2n) is 17.0. The molecule has 0 radical (unpaired) electrons. The molecule has 0 amide bonds. The Labute approximate surface area is 479 Å². The van der Waals surface area contributed by atoms with Crippen molar-refractivity contribution < 1.29 is 138 Å². The zero-order chi connectivity index (χ0) is 63.3. The molecule has 5 aromatic rings. The van der Waals surface area contributed by atoms with Crippen molar-refractivity contribution in [1.82, 2.24) is 0 Å². The minimum Gasteiger partial charge on any atom is -0.449 e. The Morgan fingerprint density at radius 2 is 0.424 bits per heavy atom. The normalized spacial score (nSPS) is 10.3. The minimum absolute atomic E-state index is 0.402. The molecule has 0 unspecified atom stereocenters. The first-order valence-electron chi connectivity index (χ1n) is 24.1. The van der Waals surface area contributed by atoms with Crippen molar-refractivity contribution in [3.8, 4) is 120 Å². The van der Waals surface area contributed by atoms with Crippen LogP contribution in [-0.2, 0) is 62.3 Å². The summed E-state index contributed by atoms with van der Waals surface area (Å²) < 4.78 is 90.0. The van der Waals surface area contributed by atoms with Gasteiger partial charge in [0.2, 0.25) is 23.0 Å². The van der Waals surface area contributed by atoms with Gasteiger partial charge in [-0.25, -0.2) is 0 Å². The Bertz CT molecular complexity index is 3530. The van der Waals surface area contributed by atoms with Crippen molar-refractivity contribution in [1.29, 1.82) is 0 Å². The highest BCUT2D eigenvalue weighted by Crippen LogP contribution is 2.60. The van der Waals surface area contributed by atoms with Gasteiger partial charge in [0, 0.05) is 145 Å². The number of benzene rings is 5. The van der Waals surface area contributed by atoms with E-state index < -0.39 is 198 Å². The molecule has 0 aliphatic carbocycles. The lowest BCUT2D eigenvalue weighted by Crippen LogP contribution is -2.13. The smallest absolute Gasteiger partial charge is 0.308 e. The van der Waals surface area contributed by atoms with E-state index in [1.807, 2.05) is 0 Å². The van der Waals surface area contributed by atoms with Crippen LogP contribution in [0.5, 0.6) is 109 Å². The zero-order valence-electron chi connectivity index (χ0n) is 47.0. The fourth-order valence-electron chi connectivity index (χ4n) is 7.17. The maximum Gasteiger partial charge on any atom is 0.308 e. The molecular formula is C56H48O29. The summed E-state index contributed by atoms with van der Waals surface area (Å²) >= 11 is 0. The molecule has 0 spiro atoms. The first kappa shape index (κ1) is 64.4. The van der Waals surface area contributed by atoms with E-state index in [-0.39, 0.29) is 0 Å². The Morgan fingerprint density at radius 3 is 0.753 bits per heavy atom. The molecule has 0 saturated heterocycles. The lowest BCUT2D eigenvalue weighted by Gasteiger charge is -2.25. The van der Waals surface area contributed by atoms with E-state index in [0.717, 1.165) is 145 Å². The van der Waals surface area contributed by atoms with Crippen molar-refractivity contribution in [3.05, 3.63) is 54.6 Å². The fourth-order valence-corrected chi connectivity index (χ4v) is 7.17. The highest BCUT2D eigenvalue weighted by atomic mass is 16.6. The number of hydrogen-bond donors (Lipinski definition) is 0. The van der Waals surface area contributed by atoms with Crippen molar-refractivity contribution in [3.63, 3.8) is 0 Å². The second kappa shape index (κ2) is 27.9. The Kier molecular flexibility index (Phi) is 21.1. The van der Waals surface area contributed by atoms with Crippen molar-refractivity contribution in [2.75, 3.05) is 0 Å². The number of esters is 13. The van der Waals surface area contributed by atoms with Gasteiger partial charge in [0.15, 0.2) is 46.0 Å². The SMILES string of the molecule is CC(=O)Oc1cc(OC(C)=O)c(Oc2cc(OC(C)=O)c(OC(C)=O)c(OC(C)=O)c2)c(Oc2c(OC(C)=O)cc(Oc3c(OC(C)=O)cc(OC(C)=O)cc3OC(C)=O)c(-c3c(OC(C)=O)cc(OC(C)=O)cc3OC(C)=O)c2OC(C)=O)c1. The van der Waals surface area contributed by atoms with Crippen molar-refractivity contribution >= 4 is 77.6 Å². The summed E-state index contributed by atoms with van der Waals surface area (Å²) in [5.41, 5.74) is -1.47. The summed E-state index contributed by atoms with van der Waals surface area (Å²) in [6.07, 6.45) is 0. The van der Waals surface area contributed by atoms with E-state index >= 15 is 0 Å². The van der Waals surface area contributed by atoms with Crippen LogP contribution >= 0.6 is 0 Å². The number of carbonyl (C=O) groups excluding carboxylic acids is 13. The van der Waals surface area contributed by atoms with Gasteiger partial charge in [0.1, 0.15) is 40.2 Å². The Hall–Kier alpha value is -11.4. The maximum absolute atomic E-state index is 13.7. The van der Waals surface area contributed by atoms with Crippen LogP contribution in [0, 0.1) is 0 Å². The summed E-state index contributed by atoms with van der Waals surface area (Å²) in [5.74, 6) is -27.0. The molecule has 0 bridgehead atoms. The van der Waals surface area contributed by atoms with Crippen LogP contribution < -0.4 is 75.8 Å². The number of hydrogen-bond acceptors (Lipinski definition) is 29. The third kappa shape index (κ3) is 18.3. The third-order valence-corrected chi connectivity index (χ3v) is 9.39. The summed E-state index contributed by atoms with van der Waals surface area (Å²) in [5, 5.41) is 0. The molecule has 85 heavy (non-hydrogen) atoms. The average molecular weight is 1180 g/mol. The molecule has 0 N–H and O–H groups in total. The highest BCUT2D eigenvalue weighted by Gasteiger charge is 2.36. The van der Waals surface area contributed by atoms with Gasteiger partial charge in [-0.1, -0.05) is 0 Å². The Morgan fingerprint density at radius 1 is 0.188 bits per heavy atom. The van der Waals surface area contributed by atoms with Gasteiger partial charge >= 0.3 is 77.6 Å². The van der Waals surface area contributed by atoms with Gasteiger partial charge in [-0.2, -0.15) is 0 Å². The first-order valence-corrected chi connectivity index (χ1v) is 24.1. The van der Waals surface area contributed by atoms with Gasteiger partial charge in [0.25, 0.3) is 0 Å². The molecule has 0 saturated carbocycles. The molecule has 0 fully saturated rings.